The topological polar surface area (TPSA) is 12.5 Å². The number of hydrogen-bond donors (Lipinski definition) is 0. The van der Waals surface area contributed by atoms with E-state index >= 15 is 0 Å². The molecule has 0 amide bonds. The second-order valence-corrected chi connectivity index (χ2v) is 7.85. The smallest absolute Gasteiger partial charge is 0.146 e. The predicted octanol–water partition coefficient (Wildman–Crippen LogP) is 4.98. The van der Waals surface area contributed by atoms with Crippen LogP contribution in [0.1, 0.15) is 42.9 Å². The van der Waals surface area contributed by atoms with Gasteiger partial charge in [-0.2, -0.15) is 0 Å². The summed E-state index contributed by atoms with van der Waals surface area (Å²) in [6.45, 7) is 0. The van der Waals surface area contributed by atoms with Crippen molar-refractivity contribution in [3.63, 3.8) is 0 Å². The summed E-state index contributed by atoms with van der Waals surface area (Å²) >= 11 is 7.02. The van der Waals surface area contributed by atoms with Gasteiger partial charge in [-0.1, -0.05) is 72.3 Å². The minimum Gasteiger partial charge on any atom is -0.347 e. The monoisotopic (exact) mass is 341 g/mol. The second kappa shape index (κ2) is 6.51. The van der Waals surface area contributed by atoms with Crippen LogP contribution < -0.4 is 0 Å². The third-order valence-electron chi connectivity index (χ3n) is 5.60. The van der Waals surface area contributed by atoms with Crippen molar-refractivity contribution in [2.45, 2.75) is 48.9 Å². The quantitative estimate of drug-likeness (QED) is 0.727. The third-order valence-corrected chi connectivity index (χ3v) is 6.00. The van der Waals surface area contributed by atoms with E-state index in [1.54, 1.807) is 0 Å². The number of benzene rings is 2. The van der Waals surface area contributed by atoms with Crippen molar-refractivity contribution in [1.82, 2.24) is 4.90 Å². The molecule has 126 valence electrons. The van der Waals surface area contributed by atoms with Gasteiger partial charge in [-0.25, -0.2) is 0 Å². The number of fused-ring (bicyclic) bond motifs is 2. The van der Waals surface area contributed by atoms with Gasteiger partial charge >= 0.3 is 0 Å². The normalized spacial score (nSPS) is 30.0. The molecule has 4 rings (SSSR count). The van der Waals surface area contributed by atoms with E-state index in [9.17, 15) is 0 Å². The fraction of sp³-hybridized carbons (Fsp3) is 0.429. The Morgan fingerprint density at radius 2 is 1.38 bits per heavy atom. The number of rotatable bonds is 4. The number of ether oxygens (including phenoxy) is 1. The van der Waals surface area contributed by atoms with E-state index in [2.05, 4.69) is 60.5 Å². The number of piperidine rings is 1. The molecule has 2 nitrogen and oxygen atoms in total. The first-order valence-corrected chi connectivity index (χ1v) is 9.21. The molecule has 0 aliphatic carbocycles. The van der Waals surface area contributed by atoms with Crippen LogP contribution in [0, 0.1) is 0 Å². The summed E-state index contributed by atoms with van der Waals surface area (Å²) < 4.78 is 6.62. The van der Waals surface area contributed by atoms with Crippen LogP contribution in [-0.2, 0) is 4.74 Å². The summed E-state index contributed by atoms with van der Waals surface area (Å²) in [5.41, 5.74) is 2.32. The number of halogens is 1. The van der Waals surface area contributed by atoms with Crippen molar-refractivity contribution >= 4 is 11.6 Å². The van der Waals surface area contributed by atoms with Gasteiger partial charge in [0.05, 0.1) is 0 Å². The molecular formula is C21H24ClNO. The molecule has 0 radical (unpaired) electrons. The number of alkyl halides is 1. The molecule has 3 heteroatoms. The highest BCUT2D eigenvalue weighted by Crippen LogP contribution is 2.46. The van der Waals surface area contributed by atoms with Crippen LogP contribution in [0.3, 0.4) is 0 Å². The van der Waals surface area contributed by atoms with E-state index in [1.165, 1.54) is 12.8 Å². The Morgan fingerprint density at radius 3 is 1.83 bits per heavy atom. The summed E-state index contributed by atoms with van der Waals surface area (Å²) in [4.78, 5) is 2.49. The average molecular weight is 342 g/mol. The SMILES string of the molecule is CN1C2CCC1CC(Cl)(OC(c1ccccc1)c1ccccc1)C2. The van der Waals surface area contributed by atoms with E-state index in [0.717, 1.165) is 24.0 Å². The predicted molar refractivity (Wildman–Crippen MR) is 98.2 cm³/mol. The molecule has 0 aromatic heterocycles. The zero-order valence-corrected chi connectivity index (χ0v) is 14.8. The summed E-state index contributed by atoms with van der Waals surface area (Å²) in [5.74, 6) is 0. The standard InChI is InChI=1S/C21H24ClNO/c1-23-18-12-13-19(23)15-21(22,14-18)24-20(16-8-4-2-5-9-16)17-10-6-3-7-11-17/h2-11,18-20H,12-15H2,1H3. The van der Waals surface area contributed by atoms with E-state index in [0.29, 0.717) is 12.1 Å². The molecule has 2 aliphatic heterocycles. The molecule has 2 saturated heterocycles. The summed E-state index contributed by atoms with van der Waals surface area (Å²) in [6, 6.07) is 21.9. The maximum atomic E-state index is 7.02. The largest absolute Gasteiger partial charge is 0.347 e. The first-order chi connectivity index (χ1) is 11.6. The van der Waals surface area contributed by atoms with Crippen molar-refractivity contribution in [1.29, 1.82) is 0 Å². The Balaban J connectivity index is 1.63. The van der Waals surface area contributed by atoms with Crippen LogP contribution >= 0.6 is 11.6 Å². The fourth-order valence-electron chi connectivity index (χ4n) is 4.26. The van der Waals surface area contributed by atoms with Crippen LogP contribution in [0.2, 0.25) is 0 Å². The first kappa shape index (κ1) is 16.1. The van der Waals surface area contributed by atoms with Gasteiger partial charge in [-0.15, -0.1) is 0 Å². The maximum Gasteiger partial charge on any atom is 0.146 e. The Hall–Kier alpha value is -1.35. The van der Waals surface area contributed by atoms with Crippen molar-refractivity contribution < 1.29 is 4.74 Å². The summed E-state index contributed by atoms with van der Waals surface area (Å²) in [5, 5.41) is -0.575. The number of nitrogens with zero attached hydrogens (tertiary/aromatic N) is 1. The van der Waals surface area contributed by atoms with Gasteiger partial charge in [0, 0.05) is 24.9 Å². The highest BCUT2D eigenvalue weighted by molar-refractivity contribution is 6.23. The highest BCUT2D eigenvalue weighted by Gasteiger charge is 2.47. The van der Waals surface area contributed by atoms with Crippen molar-refractivity contribution in [3.8, 4) is 0 Å². The van der Waals surface area contributed by atoms with Crippen LogP contribution in [0.25, 0.3) is 0 Å². The first-order valence-electron chi connectivity index (χ1n) is 8.83. The fourth-order valence-corrected chi connectivity index (χ4v) is 4.71. The molecule has 0 saturated carbocycles. The molecule has 24 heavy (non-hydrogen) atoms. The van der Waals surface area contributed by atoms with E-state index in [4.69, 9.17) is 16.3 Å². The molecule has 0 N–H and O–H groups in total. The third kappa shape index (κ3) is 3.11. The van der Waals surface area contributed by atoms with Gasteiger partial charge in [-0.05, 0) is 31.0 Å². The minimum atomic E-state index is -0.575. The van der Waals surface area contributed by atoms with Crippen molar-refractivity contribution in [2.24, 2.45) is 0 Å². The molecule has 2 heterocycles. The van der Waals surface area contributed by atoms with Crippen LogP contribution in [0.4, 0.5) is 0 Å². The molecular weight excluding hydrogens is 318 g/mol. The number of hydrogen-bond acceptors (Lipinski definition) is 2. The molecule has 2 unspecified atom stereocenters. The Labute approximate surface area is 149 Å². The average Bonchev–Trinajstić information content (AvgIpc) is 2.83. The highest BCUT2D eigenvalue weighted by atomic mass is 35.5. The van der Waals surface area contributed by atoms with Gasteiger partial charge in [0.1, 0.15) is 11.2 Å². The summed E-state index contributed by atoms with van der Waals surface area (Å²) in [7, 11) is 2.23. The van der Waals surface area contributed by atoms with Gasteiger partial charge in [0.15, 0.2) is 0 Å². The Kier molecular flexibility index (Phi) is 4.38. The molecule has 2 aromatic rings. The zero-order chi connectivity index (χ0) is 16.6. The molecule has 2 fully saturated rings. The Bertz CT molecular complexity index is 621. The van der Waals surface area contributed by atoms with Gasteiger partial charge in [0.2, 0.25) is 0 Å². The van der Waals surface area contributed by atoms with Gasteiger partial charge in [0.25, 0.3) is 0 Å². The summed E-state index contributed by atoms with van der Waals surface area (Å²) in [6.07, 6.45) is 4.16. The van der Waals surface area contributed by atoms with Gasteiger partial charge < -0.3 is 9.64 Å². The maximum absolute atomic E-state index is 7.02. The molecule has 2 bridgehead atoms. The van der Waals surface area contributed by atoms with Gasteiger partial charge in [-0.3, -0.25) is 0 Å². The molecule has 2 atom stereocenters. The second-order valence-electron chi connectivity index (χ2n) is 7.16. The van der Waals surface area contributed by atoms with Crippen molar-refractivity contribution in [2.75, 3.05) is 7.05 Å². The molecule has 0 spiro atoms. The lowest BCUT2D eigenvalue weighted by atomic mass is 9.97. The van der Waals surface area contributed by atoms with E-state index < -0.39 is 5.06 Å². The minimum absolute atomic E-state index is 0.118. The lowest BCUT2D eigenvalue weighted by Crippen LogP contribution is -2.48. The zero-order valence-electron chi connectivity index (χ0n) is 14.1. The van der Waals surface area contributed by atoms with E-state index in [1.807, 2.05) is 12.1 Å². The lowest BCUT2D eigenvalue weighted by Gasteiger charge is -2.43. The molecule has 2 aromatic carbocycles. The van der Waals surface area contributed by atoms with Crippen LogP contribution in [0.5, 0.6) is 0 Å². The van der Waals surface area contributed by atoms with E-state index in [-0.39, 0.29) is 6.10 Å². The lowest BCUT2D eigenvalue weighted by molar-refractivity contribution is -0.0720. The van der Waals surface area contributed by atoms with Crippen molar-refractivity contribution in [3.05, 3.63) is 71.8 Å². The molecule has 2 aliphatic rings. The Morgan fingerprint density at radius 1 is 0.917 bits per heavy atom. The van der Waals surface area contributed by atoms with Crippen LogP contribution in [-0.4, -0.2) is 29.1 Å². The van der Waals surface area contributed by atoms with Crippen LogP contribution in [0.15, 0.2) is 60.7 Å².